The van der Waals surface area contributed by atoms with E-state index in [4.69, 9.17) is 15.2 Å². The summed E-state index contributed by atoms with van der Waals surface area (Å²) >= 11 is 0. The Bertz CT molecular complexity index is 374. The summed E-state index contributed by atoms with van der Waals surface area (Å²) in [6, 6.07) is 8.14. The monoisotopic (exact) mass is 235 g/mol. The molecule has 0 amide bonds. The second kappa shape index (κ2) is 5.07. The summed E-state index contributed by atoms with van der Waals surface area (Å²) in [7, 11) is 1.71. The normalized spacial score (nSPS) is 19.5. The van der Waals surface area contributed by atoms with Crippen molar-refractivity contribution in [3.05, 3.63) is 29.8 Å². The van der Waals surface area contributed by atoms with Gasteiger partial charge < -0.3 is 15.2 Å². The van der Waals surface area contributed by atoms with Gasteiger partial charge in [-0.1, -0.05) is 25.1 Å². The van der Waals surface area contributed by atoms with E-state index in [-0.39, 0.29) is 5.41 Å². The molecule has 2 rings (SSSR count). The topological polar surface area (TPSA) is 44.5 Å². The molecule has 2 N–H and O–H groups in total. The third-order valence-corrected chi connectivity index (χ3v) is 3.50. The quantitative estimate of drug-likeness (QED) is 0.850. The van der Waals surface area contributed by atoms with Gasteiger partial charge in [0.15, 0.2) is 0 Å². The summed E-state index contributed by atoms with van der Waals surface area (Å²) in [6.45, 7) is 4.60. The van der Waals surface area contributed by atoms with Gasteiger partial charge in [-0.25, -0.2) is 0 Å². The molecular formula is C14H21NO2. The first-order valence-corrected chi connectivity index (χ1v) is 6.09. The molecular weight excluding hydrogens is 214 g/mol. The minimum absolute atomic E-state index is 0.283. The van der Waals surface area contributed by atoms with E-state index in [9.17, 15) is 0 Å². The minimum atomic E-state index is 0.283. The van der Waals surface area contributed by atoms with E-state index in [0.29, 0.717) is 12.5 Å². The van der Waals surface area contributed by atoms with E-state index in [1.54, 1.807) is 7.11 Å². The van der Waals surface area contributed by atoms with Gasteiger partial charge >= 0.3 is 0 Å². The van der Waals surface area contributed by atoms with E-state index in [1.807, 2.05) is 18.2 Å². The molecule has 1 unspecified atom stereocenters. The van der Waals surface area contributed by atoms with Gasteiger partial charge in [-0.15, -0.1) is 0 Å². The first kappa shape index (κ1) is 12.4. The lowest BCUT2D eigenvalue weighted by molar-refractivity contribution is -0.108. The van der Waals surface area contributed by atoms with Crippen molar-refractivity contribution in [1.29, 1.82) is 0 Å². The Labute approximate surface area is 103 Å². The van der Waals surface area contributed by atoms with Crippen LogP contribution in [0.2, 0.25) is 0 Å². The van der Waals surface area contributed by atoms with Crippen molar-refractivity contribution >= 4 is 0 Å². The van der Waals surface area contributed by atoms with Crippen LogP contribution in [-0.2, 0) is 4.74 Å². The Morgan fingerprint density at radius 1 is 1.41 bits per heavy atom. The third-order valence-electron chi connectivity index (χ3n) is 3.50. The number of para-hydroxylation sites is 1. The van der Waals surface area contributed by atoms with Crippen molar-refractivity contribution in [1.82, 2.24) is 0 Å². The molecule has 17 heavy (non-hydrogen) atoms. The molecule has 1 fully saturated rings. The van der Waals surface area contributed by atoms with Crippen LogP contribution in [0.15, 0.2) is 24.3 Å². The lowest BCUT2D eigenvalue weighted by atomic mass is 9.77. The standard InChI is InChI=1S/C14H21NO2/c1-14(9-17-10-14)7-11(8-15)12-5-3-4-6-13(12)16-2/h3-6,11H,7-10,15H2,1-2H3. The molecule has 3 nitrogen and oxygen atoms in total. The van der Waals surface area contributed by atoms with E-state index in [1.165, 1.54) is 5.56 Å². The predicted octanol–water partition coefficient (Wildman–Crippen LogP) is 2.16. The summed E-state index contributed by atoms with van der Waals surface area (Å²) < 4.78 is 10.7. The van der Waals surface area contributed by atoms with Crippen LogP contribution in [0.25, 0.3) is 0 Å². The molecule has 0 radical (unpaired) electrons. The molecule has 0 bridgehead atoms. The lowest BCUT2D eigenvalue weighted by Gasteiger charge is -2.40. The van der Waals surface area contributed by atoms with Crippen molar-refractivity contribution in [2.75, 3.05) is 26.9 Å². The number of rotatable bonds is 5. The van der Waals surface area contributed by atoms with Crippen molar-refractivity contribution in [3.8, 4) is 5.75 Å². The van der Waals surface area contributed by atoms with Gasteiger partial charge in [0.2, 0.25) is 0 Å². The van der Waals surface area contributed by atoms with Gasteiger partial charge in [-0.3, -0.25) is 0 Å². The lowest BCUT2D eigenvalue weighted by Crippen LogP contribution is -2.41. The molecule has 0 saturated carbocycles. The molecule has 3 heteroatoms. The largest absolute Gasteiger partial charge is 0.496 e. The van der Waals surface area contributed by atoms with Gasteiger partial charge in [0.05, 0.1) is 20.3 Å². The van der Waals surface area contributed by atoms with Crippen LogP contribution in [0, 0.1) is 5.41 Å². The SMILES string of the molecule is COc1ccccc1C(CN)CC1(C)COC1. The number of benzene rings is 1. The van der Waals surface area contributed by atoms with Crippen molar-refractivity contribution in [2.24, 2.45) is 11.1 Å². The first-order chi connectivity index (χ1) is 8.18. The Morgan fingerprint density at radius 3 is 2.65 bits per heavy atom. The zero-order chi connectivity index (χ0) is 12.3. The van der Waals surface area contributed by atoms with Crippen LogP contribution in [0.3, 0.4) is 0 Å². The summed E-state index contributed by atoms with van der Waals surface area (Å²) in [4.78, 5) is 0. The zero-order valence-electron chi connectivity index (χ0n) is 10.6. The summed E-state index contributed by atoms with van der Waals surface area (Å²) in [5.74, 6) is 1.28. The van der Waals surface area contributed by atoms with E-state index in [2.05, 4.69) is 13.0 Å². The van der Waals surface area contributed by atoms with Crippen molar-refractivity contribution in [2.45, 2.75) is 19.3 Å². The molecule has 0 aliphatic carbocycles. The molecule has 1 atom stereocenters. The fourth-order valence-electron chi connectivity index (χ4n) is 2.49. The van der Waals surface area contributed by atoms with Gasteiger partial charge in [0, 0.05) is 11.3 Å². The zero-order valence-corrected chi connectivity index (χ0v) is 10.6. The number of hydrogen-bond donors (Lipinski definition) is 1. The van der Waals surface area contributed by atoms with Crippen molar-refractivity contribution in [3.63, 3.8) is 0 Å². The molecule has 1 heterocycles. The molecule has 1 aliphatic rings. The van der Waals surface area contributed by atoms with Crippen LogP contribution in [0.5, 0.6) is 5.75 Å². The Morgan fingerprint density at radius 2 is 2.12 bits per heavy atom. The fraction of sp³-hybridized carbons (Fsp3) is 0.571. The van der Waals surface area contributed by atoms with Gasteiger partial charge in [0.25, 0.3) is 0 Å². The Kier molecular flexibility index (Phi) is 3.69. The smallest absolute Gasteiger partial charge is 0.122 e. The fourth-order valence-corrected chi connectivity index (χ4v) is 2.49. The maximum atomic E-state index is 5.92. The molecule has 1 aromatic rings. The van der Waals surface area contributed by atoms with Crippen LogP contribution in [0.4, 0.5) is 0 Å². The predicted molar refractivity (Wildman–Crippen MR) is 68.3 cm³/mol. The molecule has 1 aliphatic heterocycles. The van der Waals surface area contributed by atoms with Crippen molar-refractivity contribution < 1.29 is 9.47 Å². The van der Waals surface area contributed by atoms with Gasteiger partial charge in [0.1, 0.15) is 5.75 Å². The van der Waals surface area contributed by atoms with Gasteiger partial charge in [-0.05, 0) is 24.6 Å². The second-order valence-electron chi connectivity index (χ2n) is 5.18. The molecule has 0 spiro atoms. The first-order valence-electron chi connectivity index (χ1n) is 6.09. The summed E-state index contributed by atoms with van der Waals surface area (Å²) in [5, 5.41) is 0. The molecule has 1 aromatic carbocycles. The molecule has 0 aromatic heterocycles. The van der Waals surface area contributed by atoms with Crippen LogP contribution >= 0.6 is 0 Å². The molecule has 94 valence electrons. The average Bonchev–Trinajstić information content (AvgIpc) is 2.34. The summed E-state index contributed by atoms with van der Waals surface area (Å²) in [6.07, 6.45) is 1.06. The highest BCUT2D eigenvalue weighted by Crippen LogP contribution is 2.39. The maximum absolute atomic E-state index is 5.92. The number of nitrogens with two attached hydrogens (primary N) is 1. The van der Waals surface area contributed by atoms with E-state index >= 15 is 0 Å². The number of methoxy groups -OCH3 is 1. The highest BCUT2D eigenvalue weighted by atomic mass is 16.5. The van der Waals surface area contributed by atoms with Gasteiger partial charge in [-0.2, -0.15) is 0 Å². The van der Waals surface area contributed by atoms with Crippen LogP contribution in [0.1, 0.15) is 24.8 Å². The highest BCUT2D eigenvalue weighted by molar-refractivity contribution is 5.36. The highest BCUT2D eigenvalue weighted by Gasteiger charge is 2.36. The van der Waals surface area contributed by atoms with E-state index in [0.717, 1.165) is 25.4 Å². The Balaban J connectivity index is 2.16. The summed E-state index contributed by atoms with van der Waals surface area (Å²) in [5.41, 5.74) is 7.41. The average molecular weight is 235 g/mol. The molecule has 1 saturated heterocycles. The Hall–Kier alpha value is -1.06. The maximum Gasteiger partial charge on any atom is 0.122 e. The van der Waals surface area contributed by atoms with E-state index < -0.39 is 0 Å². The van der Waals surface area contributed by atoms with Crippen LogP contribution < -0.4 is 10.5 Å². The second-order valence-corrected chi connectivity index (χ2v) is 5.18. The third kappa shape index (κ3) is 2.61. The number of ether oxygens (including phenoxy) is 2. The minimum Gasteiger partial charge on any atom is -0.496 e. The number of hydrogen-bond acceptors (Lipinski definition) is 3. The van der Waals surface area contributed by atoms with Crippen LogP contribution in [-0.4, -0.2) is 26.9 Å².